The SMILES string of the molecule is C=CCOC(=O)C1=C[C@H](c2coc3ccccc3c2=O)[C@H](CCCO)[C@H](OCC)O1. The molecule has 7 nitrogen and oxygen atoms in total. The fraction of sp³-hybridized carbons (Fsp3) is 0.391. The molecule has 1 aliphatic rings. The lowest BCUT2D eigenvalue weighted by molar-refractivity contribution is -0.175. The normalized spacial score (nSPS) is 21.0. The lowest BCUT2D eigenvalue weighted by atomic mass is 9.81. The van der Waals surface area contributed by atoms with E-state index in [0.717, 1.165) is 0 Å². The zero-order valence-electron chi connectivity index (χ0n) is 16.9. The van der Waals surface area contributed by atoms with E-state index < -0.39 is 18.2 Å². The van der Waals surface area contributed by atoms with E-state index in [1.165, 1.54) is 12.3 Å². The molecule has 3 rings (SSSR count). The molecule has 2 aromatic rings. The standard InChI is InChI=1S/C23H26O7/c1-3-12-28-22(26)20-13-17(15(9-7-11-24)23(30-20)27-4-2)18-14-29-19-10-6-5-8-16(19)21(18)25/h3,5-6,8,10,13-15,17,23-24H,1,4,7,9,11-12H2,2H3/t15-,17-,23+/m0/s1. The van der Waals surface area contributed by atoms with Gasteiger partial charge in [-0.3, -0.25) is 4.79 Å². The summed E-state index contributed by atoms with van der Waals surface area (Å²) in [6.07, 6.45) is 4.73. The smallest absolute Gasteiger partial charge is 0.373 e. The van der Waals surface area contributed by atoms with Crippen LogP contribution in [0.3, 0.4) is 0 Å². The number of ether oxygens (including phenoxy) is 3. The van der Waals surface area contributed by atoms with Crippen LogP contribution in [0.5, 0.6) is 0 Å². The van der Waals surface area contributed by atoms with Crippen LogP contribution >= 0.6 is 0 Å². The highest BCUT2D eigenvalue weighted by molar-refractivity contribution is 5.86. The van der Waals surface area contributed by atoms with Crippen LogP contribution in [-0.4, -0.2) is 37.2 Å². The molecule has 0 fully saturated rings. The minimum atomic E-state index is -0.770. The van der Waals surface area contributed by atoms with E-state index >= 15 is 0 Å². The van der Waals surface area contributed by atoms with Crippen LogP contribution in [0.4, 0.5) is 0 Å². The van der Waals surface area contributed by atoms with Gasteiger partial charge >= 0.3 is 5.97 Å². The van der Waals surface area contributed by atoms with Crippen molar-refractivity contribution in [2.45, 2.75) is 32.0 Å². The molecular formula is C23H26O7. The average molecular weight is 414 g/mol. The second kappa shape index (κ2) is 10.2. The molecule has 0 radical (unpaired) electrons. The zero-order valence-corrected chi connectivity index (χ0v) is 16.9. The zero-order chi connectivity index (χ0) is 21.5. The second-order valence-corrected chi connectivity index (χ2v) is 6.93. The van der Waals surface area contributed by atoms with E-state index in [4.69, 9.17) is 18.6 Å². The predicted molar refractivity (Wildman–Crippen MR) is 111 cm³/mol. The van der Waals surface area contributed by atoms with Crippen LogP contribution in [-0.2, 0) is 19.0 Å². The van der Waals surface area contributed by atoms with E-state index in [0.29, 0.717) is 36.0 Å². The Morgan fingerprint density at radius 2 is 2.13 bits per heavy atom. The van der Waals surface area contributed by atoms with Gasteiger partial charge in [0.05, 0.1) is 11.6 Å². The summed E-state index contributed by atoms with van der Waals surface area (Å²) in [6.45, 7) is 5.74. The highest BCUT2D eigenvalue weighted by atomic mass is 16.7. The number of carbonyl (C=O) groups is 1. The minimum Gasteiger partial charge on any atom is -0.464 e. The van der Waals surface area contributed by atoms with Gasteiger partial charge in [0.15, 0.2) is 5.43 Å². The Hall–Kier alpha value is -2.90. The molecule has 0 saturated heterocycles. The van der Waals surface area contributed by atoms with E-state index in [2.05, 4.69) is 6.58 Å². The minimum absolute atomic E-state index is 0.00760. The fourth-order valence-corrected chi connectivity index (χ4v) is 3.64. The Kier molecular flexibility index (Phi) is 7.43. The van der Waals surface area contributed by atoms with Crippen LogP contribution in [0.15, 0.2) is 64.2 Å². The van der Waals surface area contributed by atoms with Crippen LogP contribution in [0.25, 0.3) is 11.0 Å². The summed E-state index contributed by atoms with van der Waals surface area (Å²) >= 11 is 0. The summed E-state index contributed by atoms with van der Waals surface area (Å²) in [5, 5.41) is 9.80. The Bertz CT molecular complexity index is 975. The molecule has 1 N–H and O–H groups in total. The van der Waals surface area contributed by atoms with Gasteiger partial charge in [-0.1, -0.05) is 24.8 Å². The number of fused-ring (bicyclic) bond motifs is 1. The summed E-state index contributed by atoms with van der Waals surface area (Å²) in [5.41, 5.74) is 0.711. The molecule has 0 saturated carbocycles. The van der Waals surface area contributed by atoms with Crippen molar-refractivity contribution in [1.29, 1.82) is 0 Å². The first-order valence-electron chi connectivity index (χ1n) is 10.00. The van der Waals surface area contributed by atoms with E-state index in [1.54, 1.807) is 30.3 Å². The molecule has 7 heteroatoms. The Balaban J connectivity index is 2.09. The number of allylic oxidation sites excluding steroid dienone is 1. The van der Waals surface area contributed by atoms with Crippen molar-refractivity contribution in [2.75, 3.05) is 19.8 Å². The maximum absolute atomic E-state index is 13.2. The summed E-state index contributed by atoms with van der Waals surface area (Å²) in [7, 11) is 0. The Morgan fingerprint density at radius 3 is 2.87 bits per heavy atom. The number of aliphatic hydroxyl groups is 1. The van der Waals surface area contributed by atoms with Crippen molar-refractivity contribution in [2.24, 2.45) is 5.92 Å². The number of aliphatic hydroxyl groups excluding tert-OH is 1. The summed E-state index contributed by atoms with van der Waals surface area (Å²) in [4.78, 5) is 25.7. The number of hydrogen-bond donors (Lipinski definition) is 1. The highest BCUT2D eigenvalue weighted by Gasteiger charge is 2.39. The van der Waals surface area contributed by atoms with Gasteiger partial charge in [0.25, 0.3) is 0 Å². The summed E-state index contributed by atoms with van der Waals surface area (Å²) in [5.74, 6) is -1.48. The molecule has 1 aromatic heterocycles. The number of rotatable bonds is 9. The second-order valence-electron chi connectivity index (χ2n) is 6.93. The van der Waals surface area contributed by atoms with Crippen molar-refractivity contribution in [3.05, 3.63) is 70.8 Å². The third-order valence-electron chi connectivity index (χ3n) is 5.01. The fourth-order valence-electron chi connectivity index (χ4n) is 3.64. The number of benzene rings is 1. The van der Waals surface area contributed by atoms with Gasteiger partial charge < -0.3 is 23.7 Å². The first-order valence-corrected chi connectivity index (χ1v) is 10.00. The maximum Gasteiger partial charge on any atom is 0.373 e. The first kappa shape index (κ1) is 21.8. The molecule has 0 unspecified atom stereocenters. The summed E-state index contributed by atoms with van der Waals surface area (Å²) in [6, 6.07) is 7.00. The van der Waals surface area contributed by atoms with Gasteiger partial charge in [0.1, 0.15) is 12.2 Å². The van der Waals surface area contributed by atoms with Gasteiger partial charge in [-0.2, -0.15) is 0 Å². The first-order chi connectivity index (χ1) is 14.6. The third-order valence-corrected chi connectivity index (χ3v) is 5.01. The molecule has 2 heterocycles. The molecule has 0 bridgehead atoms. The molecule has 0 aliphatic carbocycles. The van der Waals surface area contributed by atoms with Gasteiger partial charge in [0, 0.05) is 30.6 Å². The Labute approximate surface area is 174 Å². The van der Waals surface area contributed by atoms with Crippen molar-refractivity contribution in [1.82, 2.24) is 0 Å². The molecule has 160 valence electrons. The molecule has 3 atom stereocenters. The van der Waals surface area contributed by atoms with Crippen molar-refractivity contribution >= 4 is 16.9 Å². The van der Waals surface area contributed by atoms with Crippen LogP contribution < -0.4 is 5.43 Å². The monoisotopic (exact) mass is 414 g/mol. The van der Waals surface area contributed by atoms with Crippen molar-refractivity contribution < 1.29 is 28.5 Å². The van der Waals surface area contributed by atoms with Crippen molar-refractivity contribution in [3.8, 4) is 0 Å². The molecule has 0 spiro atoms. The lowest BCUT2D eigenvalue weighted by Crippen LogP contribution is -2.38. The van der Waals surface area contributed by atoms with E-state index in [-0.39, 0.29) is 30.3 Å². The molecule has 0 amide bonds. The van der Waals surface area contributed by atoms with E-state index in [1.807, 2.05) is 6.92 Å². The average Bonchev–Trinajstić information content (AvgIpc) is 2.77. The van der Waals surface area contributed by atoms with Crippen LogP contribution in [0, 0.1) is 5.92 Å². The summed E-state index contributed by atoms with van der Waals surface area (Å²) < 4.78 is 22.3. The quantitative estimate of drug-likeness (QED) is 0.497. The predicted octanol–water partition coefficient (Wildman–Crippen LogP) is 3.27. The molecule has 1 aliphatic heterocycles. The lowest BCUT2D eigenvalue weighted by Gasteiger charge is -2.36. The van der Waals surface area contributed by atoms with E-state index in [9.17, 15) is 14.7 Å². The number of hydrogen-bond acceptors (Lipinski definition) is 7. The Morgan fingerprint density at radius 1 is 1.33 bits per heavy atom. The number of esters is 1. The largest absolute Gasteiger partial charge is 0.464 e. The van der Waals surface area contributed by atoms with Gasteiger partial charge in [0.2, 0.25) is 12.0 Å². The van der Waals surface area contributed by atoms with Crippen LogP contribution in [0.1, 0.15) is 31.2 Å². The van der Waals surface area contributed by atoms with Crippen LogP contribution in [0.2, 0.25) is 0 Å². The number of carbonyl (C=O) groups excluding carboxylic acids is 1. The van der Waals surface area contributed by atoms with Gasteiger partial charge in [-0.05, 0) is 38.0 Å². The topological polar surface area (TPSA) is 95.2 Å². The molecule has 1 aromatic carbocycles. The third kappa shape index (κ3) is 4.63. The highest BCUT2D eigenvalue weighted by Crippen LogP contribution is 2.39. The van der Waals surface area contributed by atoms with Gasteiger partial charge in [-0.15, -0.1) is 0 Å². The molecule has 30 heavy (non-hydrogen) atoms. The van der Waals surface area contributed by atoms with Crippen molar-refractivity contribution in [3.63, 3.8) is 0 Å². The molecular weight excluding hydrogens is 388 g/mol. The maximum atomic E-state index is 13.2. The number of para-hydroxylation sites is 1. The van der Waals surface area contributed by atoms with Gasteiger partial charge in [-0.25, -0.2) is 4.79 Å².